The maximum absolute atomic E-state index is 12.5. The molecule has 1 aromatic heterocycles. The molecule has 1 amide bonds. The Hall–Kier alpha value is -2.87. The largest absolute Gasteiger partial charge is 0.497 e. The lowest BCUT2D eigenvalue weighted by Gasteiger charge is -2.38. The zero-order valence-electron chi connectivity index (χ0n) is 19.6. The number of carbonyl (C=O) groups is 1. The highest BCUT2D eigenvalue weighted by Crippen LogP contribution is 2.35. The first kappa shape index (κ1) is 22.9. The molecule has 34 heavy (non-hydrogen) atoms. The van der Waals surface area contributed by atoms with E-state index in [1.165, 1.54) is 5.56 Å². The minimum atomic E-state index is -0.890. The highest BCUT2D eigenvalue weighted by atomic mass is 16.5. The van der Waals surface area contributed by atoms with Crippen LogP contribution in [0.3, 0.4) is 0 Å². The normalized spacial score (nSPS) is 20.5. The van der Waals surface area contributed by atoms with E-state index in [2.05, 4.69) is 22.3 Å². The molecule has 5 rings (SSSR count). The summed E-state index contributed by atoms with van der Waals surface area (Å²) in [6.07, 6.45) is 3.39. The lowest BCUT2D eigenvalue weighted by Crippen LogP contribution is -2.42. The molecule has 2 N–H and O–H groups in total. The monoisotopic (exact) mass is 464 g/mol. The Morgan fingerprint density at radius 2 is 2.06 bits per heavy atom. The third kappa shape index (κ3) is 4.97. The molecule has 2 aliphatic rings. The summed E-state index contributed by atoms with van der Waals surface area (Å²) in [5.74, 6) is 0.905. The van der Waals surface area contributed by atoms with Gasteiger partial charge in [-0.3, -0.25) is 9.69 Å². The molecule has 2 saturated heterocycles. The molecule has 2 aliphatic heterocycles. The number of methoxy groups -OCH3 is 1. The molecule has 7 heteroatoms. The molecule has 0 unspecified atom stereocenters. The van der Waals surface area contributed by atoms with Gasteiger partial charge >= 0.3 is 0 Å². The fraction of sp³-hybridized carbons (Fsp3) is 0.444. The van der Waals surface area contributed by atoms with Crippen LogP contribution in [0.15, 0.2) is 52.9 Å². The second kappa shape index (κ2) is 9.78. The average Bonchev–Trinajstić information content (AvgIpc) is 3.54. The van der Waals surface area contributed by atoms with Gasteiger partial charge in [-0.25, -0.2) is 0 Å². The number of carbonyl (C=O) groups excluding carboxylic acids is 1. The van der Waals surface area contributed by atoms with E-state index in [0.717, 1.165) is 55.8 Å². The predicted molar refractivity (Wildman–Crippen MR) is 129 cm³/mol. The number of aliphatic hydroxyl groups is 1. The smallest absolute Gasteiger partial charge is 0.287 e. The maximum atomic E-state index is 12.5. The number of nitrogens with one attached hydrogen (secondary N) is 1. The van der Waals surface area contributed by atoms with Gasteiger partial charge in [0.15, 0.2) is 5.76 Å². The molecule has 7 nitrogen and oxygen atoms in total. The number of piperidine rings is 1. The average molecular weight is 465 g/mol. The van der Waals surface area contributed by atoms with E-state index in [0.29, 0.717) is 25.0 Å². The Kier molecular flexibility index (Phi) is 6.59. The predicted octanol–water partition coefficient (Wildman–Crippen LogP) is 3.83. The molecule has 0 bridgehead atoms. The molecule has 1 atom stereocenters. The van der Waals surface area contributed by atoms with Crippen molar-refractivity contribution in [1.82, 2.24) is 10.2 Å². The van der Waals surface area contributed by atoms with Crippen LogP contribution in [0, 0.1) is 0 Å². The van der Waals surface area contributed by atoms with Crippen molar-refractivity contribution >= 4 is 16.9 Å². The number of rotatable bonds is 7. The van der Waals surface area contributed by atoms with Gasteiger partial charge in [-0.1, -0.05) is 18.2 Å². The van der Waals surface area contributed by atoms with E-state index < -0.39 is 5.60 Å². The van der Waals surface area contributed by atoms with E-state index in [1.54, 1.807) is 13.2 Å². The molecule has 2 aromatic carbocycles. The van der Waals surface area contributed by atoms with Crippen molar-refractivity contribution in [2.45, 2.75) is 43.9 Å². The minimum Gasteiger partial charge on any atom is -0.497 e. The van der Waals surface area contributed by atoms with Crippen molar-refractivity contribution in [2.75, 3.05) is 33.4 Å². The van der Waals surface area contributed by atoms with Crippen molar-refractivity contribution < 1.29 is 23.8 Å². The van der Waals surface area contributed by atoms with Gasteiger partial charge in [-0.15, -0.1) is 0 Å². The molecule has 3 aromatic rings. The standard InChI is InChI=1S/C27H32N2O5/c1-32-22-5-2-4-19(14-22)18-29-11-9-27(31,10-12-29)21-7-8-24-20(15-21)16-25(34-24)26(30)28-17-23-6-3-13-33-23/h2,4-5,7-8,14-16,23,31H,3,6,9-13,17-18H2,1H3,(H,28,30)/t23-/m0/s1. The summed E-state index contributed by atoms with van der Waals surface area (Å²) in [5, 5.41) is 15.1. The highest BCUT2D eigenvalue weighted by Gasteiger charge is 2.34. The van der Waals surface area contributed by atoms with E-state index in [-0.39, 0.29) is 17.8 Å². The van der Waals surface area contributed by atoms with Gasteiger partial charge < -0.3 is 24.3 Å². The van der Waals surface area contributed by atoms with E-state index in [1.807, 2.05) is 30.3 Å². The number of furan rings is 1. The Labute approximate surface area is 199 Å². The van der Waals surface area contributed by atoms with Crippen molar-refractivity contribution in [2.24, 2.45) is 0 Å². The van der Waals surface area contributed by atoms with Gasteiger partial charge in [0.1, 0.15) is 11.3 Å². The number of hydrogen-bond acceptors (Lipinski definition) is 6. The summed E-state index contributed by atoms with van der Waals surface area (Å²) in [5.41, 5.74) is 1.83. The third-order valence-corrected chi connectivity index (χ3v) is 7.02. The number of amides is 1. The molecule has 0 aliphatic carbocycles. The quantitative estimate of drug-likeness (QED) is 0.553. The second-order valence-corrected chi connectivity index (χ2v) is 9.37. The van der Waals surface area contributed by atoms with Crippen LogP contribution in [-0.4, -0.2) is 55.4 Å². The molecule has 3 heterocycles. The number of ether oxygens (including phenoxy) is 2. The number of benzene rings is 2. The van der Waals surface area contributed by atoms with Gasteiger partial charge in [-0.2, -0.15) is 0 Å². The Morgan fingerprint density at radius 1 is 1.21 bits per heavy atom. The highest BCUT2D eigenvalue weighted by molar-refractivity contribution is 5.96. The zero-order valence-corrected chi connectivity index (χ0v) is 19.6. The van der Waals surface area contributed by atoms with Gasteiger partial charge in [0.05, 0.1) is 18.8 Å². The van der Waals surface area contributed by atoms with Crippen molar-refractivity contribution in [3.8, 4) is 5.75 Å². The first-order valence-electron chi connectivity index (χ1n) is 12.0. The molecule has 2 fully saturated rings. The summed E-state index contributed by atoms with van der Waals surface area (Å²) in [4.78, 5) is 14.9. The number of likely N-dealkylation sites (tertiary alicyclic amines) is 1. The van der Waals surface area contributed by atoms with Crippen LogP contribution in [-0.2, 0) is 16.9 Å². The Morgan fingerprint density at radius 3 is 2.82 bits per heavy atom. The number of hydrogen-bond donors (Lipinski definition) is 2. The lowest BCUT2D eigenvalue weighted by atomic mass is 9.84. The Bertz CT molecular complexity index is 1140. The van der Waals surface area contributed by atoms with Crippen LogP contribution < -0.4 is 10.1 Å². The molecular formula is C27H32N2O5. The summed E-state index contributed by atoms with van der Waals surface area (Å²) in [6, 6.07) is 15.6. The van der Waals surface area contributed by atoms with Crippen LogP contribution >= 0.6 is 0 Å². The first-order chi connectivity index (χ1) is 16.5. The van der Waals surface area contributed by atoms with Crippen LogP contribution in [0.2, 0.25) is 0 Å². The zero-order chi connectivity index (χ0) is 23.5. The lowest BCUT2D eigenvalue weighted by molar-refractivity contribution is -0.0276. The summed E-state index contributed by atoms with van der Waals surface area (Å²) >= 11 is 0. The van der Waals surface area contributed by atoms with Crippen molar-refractivity contribution in [1.29, 1.82) is 0 Å². The van der Waals surface area contributed by atoms with Crippen molar-refractivity contribution in [3.63, 3.8) is 0 Å². The van der Waals surface area contributed by atoms with Gasteiger partial charge in [-0.05, 0) is 67.1 Å². The summed E-state index contributed by atoms with van der Waals surface area (Å²) in [6.45, 7) is 3.68. The molecular weight excluding hydrogens is 432 g/mol. The number of nitrogens with zero attached hydrogens (tertiary/aromatic N) is 1. The fourth-order valence-electron chi connectivity index (χ4n) is 4.94. The third-order valence-electron chi connectivity index (χ3n) is 7.02. The second-order valence-electron chi connectivity index (χ2n) is 9.37. The Balaban J connectivity index is 1.22. The number of fused-ring (bicyclic) bond motifs is 1. The fourth-order valence-corrected chi connectivity index (χ4v) is 4.94. The SMILES string of the molecule is COc1cccc(CN2CCC(O)(c3ccc4oc(C(=O)NC[C@@H]5CCCO5)cc4c3)CC2)c1. The van der Waals surface area contributed by atoms with E-state index in [9.17, 15) is 9.90 Å². The molecule has 180 valence electrons. The van der Waals surface area contributed by atoms with E-state index in [4.69, 9.17) is 13.9 Å². The molecule has 0 saturated carbocycles. The van der Waals surface area contributed by atoms with Crippen LogP contribution in [0.5, 0.6) is 5.75 Å². The van der Waals surface area contributed by atoms with Crippen LogP contribution in [0.1, 0.15) is 47.4 Å². The van der Waals surface area contributed by atoms with Gasteiger partial charge in [0, 0.05) is 38.2 Å². The summed E-state index contributed by atoms with van der Waals surface area (Å²) in [7, 11) is 1.68. The van der Waals surface area contributed by atoms with Crippen LogP contribution in [0.25, 0.3) is 11.0 Å². The minimum absolute atomic E-state index is 0.0870. The molecule has 0 spiro atoms. The van der Waals surface area contributed by atoms with Crippen LogP contribution in [0.4, 0.5) is 0 Å². The maximum Gasteiger partial charge on any atom is 0.287 e. The first-order valence-corrected chi connectivity index (χ1v) is 12.0. The van der Waals surface area contributed by atoms with Crippen molar-refractivity contribution in [3.05, 3.63) is 65.4 Å². The van der Waals surface area contributed by atoms with Gasteiger partial charge in [0.2, 0.25) is 0 Å². The summed E-state index contributed by atoms with van der Waals surface area (Å²) < 4.78 is 16.7. The van der Waals surface area contributed by atoms with E-state index >= 15 is 0 Å². The topological polar surface area (TPSA) is 84.2 Å². The van der Waals surface area contributed by atoms with Gasteiger partial charge in [0.25, 0.3) is 5.91 Å². The molecule has 0 radical (unpaired) electrons.